The molecule has 0 aliphatic carbocycles. The molecule has 1 N–H and O–H groups in total. The summed E-state index contributed by atoms with van der Waals surface area (Å²) >= 11 is 0. The van der Waals surface area contributed by atoms with Gasteiger partial charge < -0.3 is 10.1 Å². The smallest absolute Gasteiger partial charge is 0.0591 e. The average molecular weight is 157 g/mol. The Labute approximate surface area is 69.6 Å². The van der Waals surface area contributed by atoms with E-state index in [9.17, 15) is 0 Å². The van der Waals surface area contributed by atoms with Crippen LogP contribution in [0.1, 0.15) is 13.8 Å². The van der Waals surface area contributed by atoms with Crippen molar-refractivity contribution in [3.05, 3.63) is 12.7 Å². The molecule has 66 valence electrons. The van der Waals surface area contributed by atoms with E-state index in [0.29, 0.717) is 5.92 Å². The van der Waals surface area contributed by atoms with Crippen molar-refractivity contribution < 1.29 is 4.74 Å². The first-order valence-electron chi connectivity index (χ1n) is 4.16. The topological polar surface area (TPSA) is 21.3 Å². The monoisotopic (exact) mass is 157 g/mol. The molecule has 0 rings (SSSR count). The zero-order valence-corrected chi connectivity index (χ0v) is 7.60. The molecular weight excluding hydrogens is 138 g/mol. The van der Waals surface area contributed by atoms with Gasteiger partial charge in [-0.15, -0.1) is 6.58 Å². The van der Waals surface area contributed by atoms with Crippen molar-refractivity contribution >= 4 is 0 Å². The second-order valence-electron chi connectivity index (χ2n) is 2.96. The summed E-state index contributed by atoms with van der Waals surface area (Å²) in [6, 6.07) is 0. The summed E-state index contributed by atoms with van der Waals surface area (Å²) in [6.45, 7) is 11.3. The van der Waals surface area contributed by atoms with Gasteiger partial charge in [0, 0.05) is 19.7 Å². The van der Waals surface area contributed by atoms with Crippen LogP contribution in [0.5, 0.6) is 0 Å². The Kier molecular flexibility index (Phi) is 7.52. The summed E-state index contributed by atoms with van der Waals surface area (Å²) in [7, 11) is 0. The van der Waals surface area contributed by atoms with Crippen molar-refractivity contribution in [3.8, 4) is 0 Å². The Bertz CT molecular complexity index is 91.6. The molecule has 2 heteroatoms. The number of hydrogen-bond acceptors (Lipinski definition) is 2. The highest BCUT2D eigenvalue weighted by molar-refractivity contribution is 4.68. The predicted octanol–water partition coefficient (Wildman–Crippen LogP) is 1.43. The first kappa shape index (κ1) is 10.7. The van der Waals surface area contributed by atoms with E-state index in [4.69, 9.17) is 4.74 Å². The molecule has 0 spiro atoms. The number of hydrogen-bond donors (Lipinski definition) is 1. The lowest BCUT2D eigenvalue weighted by Gasteiger charge is -2.06. The van der Waals surface area contributed by atoms with Crippen LogP contribution in [0, 0.1) is 5.92 Å². The molecule has 0 amide bonds. The van der Waals surface area contributed by atoms with Gasteiger partial charge in [-0.25, -0.2) is 0 Å². The Morgan fingerprint density at radius 2 is 2.27 bits per heavy atom. The van der Waals surface area contributed by atoms with Gasteiger partial charge >= 0.3 is 0 Å². The lowest BCUT2D eigenvalue weighted by atomic mass is 10.2. The maximum Gasteiger partial charge on any atom is 0.0591 e. The molecular formula is C9H19NO. The molecule has 0 bridgehead atoms. The van der Waals surface area contributed by atoms with Crippen LogP contribution in [0.15, 0.2) is 12.7 Å². The van der Waals surface area contributed by atoms with Crippen molar-refractivity contribution in [1.82, 2.24) is 5.32 Å². The highest BCUT2D eigenvalue weighted by Gasteiger charge is 1.91. The van der Waals surface area contributed by atoms with E-state index in [-0.39, 0.29) is 0 Å². The van der Waals surface area contributed by atoms with Gasteiger partial charge in [0.1, 0.15) is 0 Å². The SMILES string of the molecule is C=CCNCCOCC(C)C. The highest BCUT2D eigenvalue weighted by atomic mass is 16.5. The van der Waals surface area contributed by atoms with E-state index in [1.807, 2.05) is 6.08 Å². The summed E-state index contributed by atoms with van der Waals surface area (Å²) in [5.74, 6) is 0.634. The zero-order chi connectivity index (χ0) is 8.53. The summed E-state index contributed by atoms with van der Waals surface area (Å²) in [6.07, 6.45) is 1.85. The second-order valence-corrected chi connectivity index (χ2v) is 2.96. The number of ether oxygens (including phenoxy) is 1. The average Bonchev–Trinajstić information content (AvgIpc) is 1.96. The molecule has 2 nitrogen and oxygen atoms in total. The summed E-state index contributed by atoms with van der Waals surface area (Å²) in [5.41, 5.74) is 0. The quantitative estimate of drug-likeness (QED) is 0.446. The van der Waals surface area contributed by atoms with Crippen molar-refractivity contribution in [2.75, 3.05) is 26.3 Å². The maximum absolute atomic E-state index is 5.34. The minimum Gasteiger partial charge on any atom is -0.380 e. The summed E-state index contributed by atoms with van der Waals surface area (Å²) < 4.78 is 5.34. The van der Waals surface area contributed by atoms with Gasteiger partial charge in [-0.3, -0.25) is 0 Å². The first-order chi connectivity index (χ1) is 5.27. The van der Waals surface area contributed by atoms with Crippen LogP contribution >= 0.6 is 0 Å². The standard InChI is InChI=1S/C9H19NO/c1-4-5-10-6-7-11-8-9(2)3/h4,9-10H,1,5-8H2,2-3H3. The van der Waals surface area contributed by atoms with Gasteiger partial charge in [0.15, 0.2) is 0 Å². The van der Waals surface area contributed by atoms with Gasteiger partial charge in [0.05, 0.1) is 6.61 Å². The van der Waals surface area contributed by atoms with E-state index in [2.05, 4.69) is 25.7 Å². The molecule has 0 aliphatic heterocycles. The summed E-state index contributed by atoms with van der Waals surface area (Å²) in [4.78, 5) is 0. The van der Waals surface area contributed by atoms with E-state index in [1.54, 1.807) is 0 Å². The van der Waals surface area contributed by atoms with E-state index < -0.39 is 0 Å². The minimum absolute atomic E-state index is 0.634. The molecule has 0 aromatic rings. The fraction of sp³-hybridized carbons (Fsp3) is 0.778. The number of nitrogens with one attached hydrogen (secondary N) is 1. The van der Waals surface area contributed by atoms with Gasteiger partial charge in [0.2, 0.25) is 0 Å². The largest absolute Gasteiger partial charge is 0.380 e. The first-order valence-corrected chi connectivity index (χ1v) is 4.16. The van der Waals surface area contributed by atoms with Gasteiger partial charge in [0.25, 0.3) is 0 Å². The third-order valence-corrected chi connectivity index (χ3v) is 1.16. The van der Waals surface area contributed by atoms with Crippen LogP contribution in [0.25, 0.3) is 0 Å². The van der Waals surface area contributed by atoms with Gasteiger partial charge in [-0.2, -0.15) is 0 Å². The Hall–Kier alpha value is -0.340. The predicted molar refractivity (Wildman–Crippen MR) is 48.7 cm³/mol. The molecule has 0 aromatic heterocycles. The molecule has 0 fully saturated rings. The molecule has 0 aliphatic rings. The fourth-order valence-corrected chi connectivity index (χ4v) is 0.667. The molecule has 0 saturated heterocycles. The lowest BCUT2D eigenvalue weighted by Crippen LogP contribution is -2.20. The van der Waals surface area contributed by atoms with Crippen molar-refractivity contribution in [1.29, 1.82) is 0 Å². The maximum atomic E-state index is 5.34. The Balaban J connectivity index is 2.85. The van der Waals surface area contributed by atoms with Crippen molar-refractivity contribution in [2.45, 2.75) is 13.8 Å². The van der Waals surface area contributed by atoms with Gasteiger partial charge in [-0.1, -0.05) is 19.9 Å². The fourth-order valence-electron chi connectivity index (χ4n) is 0.667. The van der Waals surface area contributed by atoms with Crippen LogP contribution < -0.4 is 5.32 Å². The van der Waals surface area contributed by atoms with Crippen LogP contribution in [0.3, 0.4) is 0 Å². The van der Waals surface area contributed by atoms with E-state index in [1.165, 1.54) is 0 Å². The molecule has 0 atom stereocenters. The summed E-state index contributed by atoms with van der Waals surface area (Å²) in [5, 5.41) is 3.17. The normalized spacial score (nSPS) is 10.5. The molecule has 0 unspecified atom stereocenters. The van der Waals surface area contributed by atoms with Crippen LogP contribution in [0.2, 0.25) is 0 Å². The van der Waals surface area contributed by atoms with Crippen LogP contribution in [0.4, 0.5) is 0 Å². The minimum atomic E-state index is 0.634. The van der Waals surface area contributed by atoms with Crippen molar-refractivity contribution in [3.63, 3.8) is 0 Å². The van der Waals surface area contributed by atoms with Gasteiger partial charge in [-0.05, 0) is 5.92 Å². The Morgan fingerprint density at radius 3 is 2.82 bits per heavy atom. The molecule has 11 heavy (non-hydrogen) atoms. The molecule has 0 heterocycles. The van der Waals surface area contributed by atoms with Crippen LogP contribution in [-0.4, -0.2) is 26.3 Å². The highest BCUT2D eigenvalue weighted by Crippen LogP contribution is 1.90. The second kappa shape index (κ2) is 7.76. The van der Waals surface area contributed by atoms with Crippen LogP contribution in [-0.2, 0) is 4.74 Å². The van der Waals surface area contributed by atoms with Crippen molar-refractivity contribution in [2.24, 2.45) is 5.92 Å². The van der Waals surface area contributed by atoms with E-state index in [0.717, 1.165) is 26.3 Å². The zero-order valence-electron chi connectivity index (χ0n) is 7.60. The Morgan fingerprint density at radius 1 is 1.55 bits per heavy atom. The molecule has 0 aromatic carbocycles. The number of rotatable bonds is 7. The van der Waals surface area contributed by atoms with E-state index >= 15 is 0 Å². The third kappa shape index (κ3) is 9.66. The molecule has 0 saturated carbocycles. The lowest BCUT2D eigenvalue weighted by molar-refractivity contribution is 0.112. The third-order valence-electron chi connectivity index (χ3n) is 1.16. The molecule has 0 radical (unpaired) electrons.